The van der Waals surface area contributed by atoms with Crippen molar-refractivity contribution in [2.45, 2.75) is 75.8 Å². The molecule has 3 aliphatic heterocycles. The lowest BCUT2D eigenvalue weighted by molar-refractivity contribution is 0.00336. The number of hydrogen-bond donors (Lipinski definition) is 1. The van der Waals surface area contributed by atoms with E-state index in [1.165, 1.54) is 4.90 Å². The average molecular weight is 674 g/mol. The standard InChI is InChI=1S/C32H44ClN5O7Si/c1-36(2)32(40)44-22-10-12-37(13-11-22)21-8-6-20(7-9-21)27-23(33)16-24-30(35-27)38(19-41-14-15-46(3,4)5)31(34-24)45-26-18-43-28-25(39)17-42-29(26)28/h6-9,16,22,25-26,28-29,39H,10-15,17-19H2,1-5H3/t25-,26-,28-,29-/m1/s1. The van der Waals surface area contributed by atoms with Gasteiger partial charge in [-0.1, -0.05) is 43.4 Å². The Hall–Kier alpha value is -2.94. The van der Waals surface area contributed by atoms with Crippen molar-refractivity contribution >= 4 is 42.6 Å². The molecular weight excluding hydrogens is 630 g/mol. The zero-order valence-corrected chi connectivity index (χ0v) is 28.9. The third kappa shape index (κ3) is 7.29. The SMILES string of the molecule is CN(C)C(=O)OC1CCN(c2ccc(-c3nc4c(cc3Cl)nc(O[C@@H]3CO[C@H]5[C@@H]3OC[C@H]5O)n4COCC[Si](C)(C)C)cc2)CC1. The molecule has 250 valence electrons. The Labute approximate surface area is 275 Å². The molecule has 6 rings (SSSR count). The van der Waals surface area contributed by atoms with Crippen LogP contribution in [0.15, 0.2) is 30.3 Å². The Balaban J connectivity index is 1.21. The second-order valence-electron chi connectivity index (χ2n) is 13.7. The Bertz CT molecular complexity index is 1520. The molecule has 0 aliphatic carbocycles. The van der Waals surface area contributed by atoms with Crippen LogP contribution < -0.4 is 9.64 Å². The molecule has 0 radical (unpaired) electrons. The number of amides is 1. The summed E-state index contributed by atoms with van der Waals surface area (Å²) in [5.74, 6) is 0. The number of hydrogen-bond acceptors (Lipinski definition) is 10. The molecule has 0 spiro atoms. The number of aromatic nitrogens is 3. The molecule has 3 saturated heterocycles. The van der Waals surface area contributed by atoms with E-state index in [-0.39, 0.29) is 38.2 Å². The van der Waals surface area contributed by atoms with Crippen molar-refractivity contribution in [1.82, 2.24) is 19.4 Å². The molecule has 46 heavy (non-hydrogen) atoms. The van der Waals surface area contributed by atoms with Crippen LogP contribution in [0.5, 0.6) is 6.01 Å². The monoisotopic (exact) mass is 673 g/mol. The van der Waals surface area contributed by atoms with Crippen LogP contribution in [0.2, 0.25) is 30.7 Å². The van der Waals surface area contributed by atoms with Gasteiger partial charge in [0.15, 0.2) is 11.8 Å². The molecule has 3 fully saturated rings. The summed E-state index contributed by atoms with van der Waals surface area (Å²) < 4.78 is 31.5. The second-order valence-corrected chi connectivity index (χ2v) is 19.7. The van der Waals surface area contributed by atoms with Crippen LogP contribution in [0, 0.1) is 0 Å². The first-order valence-corrected chi connectivity index (χ1v) is 20.0. The quantitative estimate of drug-likeness (QED) is 0.241. The highest BCUT2D eigenvalue weighted by Gasteiger charge is 2.49. The van der Waals surface area contributed by atoms with Crippen LogP contribution in [-0.4, -0.2) is 116 Å². The van der Waals surface area contributed by atoms with Crippen molar-refractivity contribution in [3.8, 4) is 17.3 Å². The maximum Gasteiger partial charge on any atom is 0.409 e. The summed E-state index contributed by atoms with van der Waals surface area (Å²) in [6.07, 6.45) is -0.694. The summed E-state index contributed by atoms with van der Waals surface area (Å²) in [6, 6.07) is 11.4. The number of rotatable bonds is 10. The average Bonchev–Trinajstić information content (AvgIpc) is 3.69. The van der Waals surface area contributed by atoms with Crippen LogP contribution in [0.25, 0.3) is 22.4 Å². The molecule has 1 aromatic carbocycles. The number of carbonyl (C=O) groups excluding carboxylic acids is 1. The smallest absolute Gasteiger partial charge is 0.409 e. The van der Waals surface area contributed by atoms with Gasteiger partial charge < -0.3 is 38.6 Å². The van der Waals surface area contributed by atoms with Crippen molar-refractivity contribution in [2.75, 3.05) is 51.9 Å². The Morgan fingerprint density at radius 2 is 1.80 bits per heavy atom. The number of halogens is 1. The molecule has 1 N–H and O–H groups in total. The van der Waals surface area contributed by atoms with Gasteiger partial charge in [-0.25, -0.2) is 9.78 Å². The maximum atomic E-state index is 11.9. The van der Waals surface area contributed by atoms with Crippen molar-refractivity contribution < 1.29 is 33.6 Å². The lowest BCUT2D eigenvalue weighted by atomic mass is 10.1. The number of fused-ring (bicyclic) bond motifs is 2. The van der Waals surface area contributed by atoms with Gasteiger partial charge >= 0.3 is 12.1 Å². The summed E-state index contributed by atoms with van der Waals surface area (Å²) in [4.78, 5) is 25.4. The highest BCUT2D eigenvalue weighted by Crippen LogP contribution is 2.35. The molecule has 3 aliphatic rings. The van der Waals surface area contributed by atoms with E-state index in [0.29, 0.717) is 34.5 Å². The van der Waals surface area contributed by atoms with Gasteiger partial charge in [0, 0.05) is 66.0 Å². The van der Waals surface area contributed by atoms with Crippen LogP contribution in [-0.2, 0) is 25.7 Å². The number of benzene rings is 1. The second kappa shape index (κ2) is 13.7. The molecule has 4 atom stereocenters. The summed E-state index contributed by atoms with van der Waals surface area (Å²) in [5.41, 5.74) is 3.79. The van der Waals surface area contributed by atoms with E-state index in [4.69, 9.17) is 45.3 Å². The molecule has 1 amide bonds. The number of aliphatic hydroxyl groups is 1. The zero-order valence-electron chi connectivity index (χ0n) is 27.1. The highest BCUT2D eigenvalue weighted by atomic mass is 35.5. The van der Waals surface area contributed by atoms with Crippen molar-refractivity contribution in [1.29, 1.82) is 0 Å². The predicted molar refractivity (Wildman–Crippen MR) is 177 cm³/mol. The first-order chi connectivity index (χ1) is 22.0. The van der Waals surface area contributed by atoms with Gasteiger partial charge in [0.05, 0.1) is 23.9 Å². The van der Waals surface area contributed by atoms with Crippen molar-refractivity contribution in [3.63, 3.8) is 0 Å². The van der Waals surface area contributed by atoms with Crippen molar-refractivity contribution in [2.24, 2.45) is 0 Å². The van der Waals surface area contributed by atoms with E-state index in [1.807, 2.05) is 22.8 Å². The molecule has 0 unspecified atom stereocenters. The van der Waals surface area contributed by atoms with Crippen LogP contribution >= 0.6 is 11.6 Å². The molecule has 5 heterocycles. The Kier molecular flexibility index (Phi) is 9.79. The molecule has 14 heteroatoms. The van der Waals surface area contributed by atoms with Gasteiger partial charge in [-0.3, -0.25) is 4.57 Å². The number of anilines is 1. The first-order valence-electron chi connectivity index (χ1n) is 15.9. The fourth-order valence-electron chi connectivity index (χ4n) is 5.94. The third-order valence-electron chi connectivity index (χ3n) is 8.68. The number of piperidine rings is 1. The van der Waals surface area contributed by atoms with Gasteiger partial charge in [-0.05, 0) is 24.2 Å². The fraction of sp³-hybridized carbons (Fsp3) is 0.594. The summed E-state index contributed by atoms with van der Waals surface area (Å²) >= 11 is 6.80. The number of carbonyl (C=O) groups is 1. The van der Waals surface area contributed by atoms with E-state index in [2.05, 4.69) is 36.7 Å². The van der Waals surface area contributed by atoms with Crippen molar-refractivity contribution in [3.05, 3.63) is 35.4 Å². The minimum atomic E-state index is -1.29. The number of ether oxygens (including phenoxy) is 5. The molecule has 2 aromatic heterocycles. The Morgan fingerprint density at radius 3 is 2.50 bits per heavy atom. The Morgan fingerprint density at radius 1 is 1.09 bits per heavy atom. The van der Waals surface area contributed by atoms with E-state index < -0.39 is 26.4 Å². The van der Waals surface area contributed by atoms with Gasteiger partial charge in [0.2, 0.25) is 0 Å². The zero-order chi connectivity index (χ0) is 32.6. The largest absolute Gasteiger partial charge is 0.456 e. The van der Waals surface area contributed by atoms with Gasteiger partial charge in [-0.2, -0.15) is 4.98 Å². The normalized spacial score (nSPS) is 23.6. The summed E-state index contributed by atoms with van der Waals surface area (Å²) in [5, 5.41) is 10.7. The molecule has 0 bridgehead atoms. The molecule has 3 aromatic rings. The van der Waals surface area contributed by atoms with E-state index in [1.54, 1.807) is 14.1 Å². The summed E-state index contributed by atoms with van der Waals surface area (Å²) in [6.45, 7) is 9.89. The van der Waals surface area contributed by atoms with Gasteiger partial charge in [0.25, 0.3) is 0 Å². The van der Waals surface area contributed by atoms with Gasteiger partial charge in [-0.15, -0.1) is 0 Å². The first kappa shape index (κ1) is 33.0. The fourth-order valence-corrected chi connectivity index (χ4v) is 6.95. The minimum Gasteiger partial charge on any atom is -0.456 e. The topological polar surface area (TPSA) is 121 Å². The number of pyridine rings is 1. The molecular formula is C32H44ClN5O7Si. The number of aliphatic hydroxyl groups excluding tert-OH is 1. The number of imidazole rings is 1. The summed E-state index contributed by atoms with van der Waals surface area (Å²) in [7, 11) is 2.10. The lowest BCUT2D eigenvalue weighted by Gasteiger charge is -2.33. The van der Waals surface area contributed by atoms with Gasteiger partial charge in [0.1, 0.15) is 36.7 Å². The molecule has 0 saturated carbocycles. The van der Waals surface area contributed by atoms with Crippen LogP contribution in [0.3, 0.4) is 0 Å². The number of nitrogens with zero attached hydrogens (tertiary/aromatic N) is 5. The maximum absolute atomic E-state index is 11.9. The third-order valence-corrected chi connectivity index (χ3v) is 10.7. The minimum absolute atomic E-state index is 0.0710. The lowest BCUT2D eigenvalue weighted by Crippen LogP contribution is -2.39. The molecule has 12 nitrogen and oxygen atoms in total. The van der Waals surface area contributed by atoms with Crippen LogP contribution in [0.4, 0.5) is 10.5 Å². The van der Waals surface area contributed by atoms with Crippen LogP contribution in [0.1, 0.15) is 12.8 Å². The van der Waals surface area contributed by atoms with E-state index in [0.717, 1.165) is 43.2 Å². The predicted octanol–water partition coefficient (Wildman–Crippen LogP) is 4.64. The van der Waals surface area contributed by atoms with E-state index >= 15 is 0 Å². The van der Waals surface area contributed by atoms with E-state index in [9.17, 15) is 9.90 Å². The highest BCUT2D eigenvalue weighted by molar-refractivity contribution is 6.76.